The molecule has 3 aromatic carbocycles. The van der Waals surface area contributed by atoms with Crippen molar-refractivity contribution in [2.75, 3.05) is 13.2 Å². The first-order valence-electron chi connectivity index (χ1n) is 11.0. The van der Waals surface area contributed by atoms with Gasteiger partial charge in [-0.15, -0.1) is 0 Å². The number of hydrogen-bond acceptors (Lipinski definition) is 6. The van der Waals surface area contributed by atoms with Crippen molar-refractivity contribution in [1.29, 1.82) is 0 Å². The van der Waals surface area contributed by atoms with Crippen LogP contribution in [0.15, 0.2) is 76.4 Å². The van der Waals surface area contributed by atoms with Crippen LogP contribution >= 0.6 is 0 Å². The lowest BCUT2D eigenvalue weighted by molar-refractivity contribution is -0.137. The van der Waals surface area contributed by atoms with Crippen molar-refractivity contribution < 1.29 is 37.2 Å². The summed E-state index contributed by atoms with van der Waals surface area (Å²) >= 11 is 0. The maximum absolute atomic E-state index is 12.8. The number of carboxylic acids is 1. The van der Waals surface area contributed by atoms with Crippen LogP contribution in [0.5, 0.6) is 5.75 Å². The summed E-state index contributed by atoms with van der Waals surface area (Å²) < 4.78 is 49.8. The summed E-state index contributed by atoms with van der Waals surface area (Å²) in [4.78, 5) is 17.0. The van der Waals surface area contributed by atoms with Gasteiger partial charge in [0.1, 0.15) is 24.7 Å². The maximum Gasteiger partial charge on any atom is 0.416 e. The van der Waals surface area contributed by atoms with E-state index in [-0.39, 0.29) is 23.6 Å². The first-order chi connectivity index (χ1) is 17.3. The van der Waals surface area contributed by atoms with Crippen molar-refractivity contribution in [2.24, 2.45) is 5.16 Å². The summed E-state index contributed by atoms with van der Waals surface area (Å²) in [5.41, 5.74) is 0.288. The molecule has 0 aliphatic carbocycles. The quantitative estimate of drug-likeness (QED) is 0.163. The molecule has 0 saturated heterocycles. The predicted octanol–water partition coefficient (Wildman–Crippen LogP) is 6.42. The van der Waals surface area contributed by atoms with Gasteiger partial charge in [0.15, 0.2) is 11.5 Å². The van der Waals surface area contributed by atoms with Gasteiger partial charge >= 0.3 is 12.1 Å². The number of alkyl halides is 3. The van der Waals surface area contributed by atoms with Crippen LogP contribution in [0.25, 0.3) is 22.0 Å². The van der Waals surface area contributed by atoms with Gasteiger partial charge < -0.3 is 19.2 Å². The molecule has 36 heavy (non-hydrogen) atoms. The topological polar surface area (TPSA) is 94.2 Å². The minimum atomic E-state index is -4.44. The molecule has 7 nitrogen and oxygen atoms in total. The highest BCUT2D eigenvalue weighted by Gasteiger charge is 2.30. The van der Waals surface area contributed by atoms with E-state index in [1.807, 2.05) is 6.92 Å². The number of ether oxygens (including phenoxy) is 1. The summed E-state index contributed by atoms with van der Waals surface area (Å²) in [5.74, 6) is -0.592. The summed E-state index contributed by atoms with van der Waals surface area (Å²) in [6.45, 7) is 2.11. The maximum atomic E-state index is 12.8. The molecule has 10 heteroatoms. The molecule has 0 atom stereocenters. The van der Waals surface area contributed by atoms with E-state index >= 15 is 0 Å². The lowest BCUT2D eigenvalue weighted by Gasteiger charge is -2.10. The number of carbonyl (C=O) groups is 1. The van der Waals surface area contributed by atoms with Gasteiger partial charge in [-0.1, -0.05) is 53.6 Å². The van der Waals surface area contributed by atoms with E-state index in [4.69, 9.17) is 14.1 Å². The van der Waals surface area contributed by atoms with Gasteiger partial charge in [-0.25, -0.2) is 4.79 Å². The van der Waals surface area contributed by atoms with Crippen molar-refractivity contribution in [3.05, 3.63) is 83.6 Å². The molecular formula is C26H21F3N2O5. The number of aromatic carboxylic acids is 1. The van der Waals surface area contributed by atoms with Crippen molar-refractivity contribution in [3.8, 4) is 17.0 Å². The number of oxime groups is 1. The smallest absolute Gasteiger partial charge is 0.416 e. The minimum Gasteiger partial charge on any atom is -0.487 e. The fraction of sp³-hybridized carbons (Fsp3) is 0.192. The van der Waals surface area contributed by atoms with E-state index in [1.54, 1.807) is 30.3 Å². The zero-order valence-electron chi connectivity index (χ0n) is 19.1. The molecule has 186 valence electrons. The van der Waals surface area contributed by atoms with Crippen LogP contribution in [0.2, 0.25) is 0 Å². The molecule has 1 heterocycles. The zero-order chi connectivity index (χ0) is 25.7. The van der Waals surface area contributed by atoms with E-state index in [0.29, 0.717) is 40.8 Å². The van der Waals surface area contributed by atoms with E-state index in [2.05, 4.69) is 10.3 Å². The van der Waals surface area contributed by atoms with Crippen molar-refractivity contribution in [3.63, 3.8) is 0 Å². The van der Waals surface area contributed by atoms with E-state index in [1.165, 1.54) is 24.3 Å². The second-order valence-electron chi connectivity index (χ2n) is 7.81. The summed E-state index contributed by atoms with van der Waals surface area (Å²) in [5, 5.41) is 18.9. The molecule has 0 saturated carbocycles. The summed E-state index contributed by atoms with van der Waals surface area (Å²) in [6.07, 6.45) is -3.73. The Kier molecular flexibility index (Phi) is 7.23. The van der Waals surface area contributed by atoms with Crippen molar-refractivity contribution in [2.45, 2.75) is 19.5 Å². The highest BCUT2D eigenvalue weighted by Crippen LogP contribution is 2.31. The second kappa shape index (κ2) is 10.5. The van der Waals surface area contributed by atoms with Crippen molar-refractivity contribution >= 4 is 22.5 Å². The normalized spacial score (nSPS) is 12.1. The Balaban J connectivity index is 1.58. The molecule has 1 aromatic heterocycles. The third kappa shape index (κ3) is 5.65. The third-order valence-corrected chi connectivity index (χ3v) is 5.21. The van der Waals surface area contributed by atoms with Gasteiger partial charge in [-0.3, -0.25) is 0 Å². The molecule has 0 aliphatic rings. The predicted molar refractivity (Wildman–Crippen MR) is 126 cm³/mol. The standard InChI is InChI=1S/C26H21F3N2O5/c1-2-11-35-30-23(15-34-19-12-17-5-3-4-6-20(17)21(13-19)25(32)33)24-14-22(31-36-24)16-7-9-18(10-8-16)26(27,28)29/h3-10,12-14H,2,11,15H2,1H3,(H,32,33)/b30-23+. The fourth-order valence-electron chi connectivity index (χ4n) is 3.43. The number of rotatable bonds is 9. The average Bonchev–Trinajstić information content (AvgIpc) is 3.35. The van der Waals surface area contributed by atoms with Crippen LogP contribution < -0.4 is 4.74 Å². The monoisotopic (exact) mass is 498 g/mol. The lowest BCUT2D eigenvalue weighted by atomic mass is 10.0. The minimum absolute atomic E-state index is 0.0908. The third-order valence-electron chi connectivity index (χ3n) is 5.21. The van der Waals surface area contributed by atoms with Crippen LogP contribution in [0.3, 0.4) is 0 Å². The van der Waals surface area contributed by atoms with Gasteiger partial charge in [0, 0.05) is 11.6 Å². The molecular weight excluding hydrogens is 477 g/mol. The van der Waals surface area contributed by atoms with Gasteiger partial charge in [0.25, 0.3) is 0 Å². The molecule has 0 spiro atoms. The molecule has 0 fully saturated rings. The lowest BCUT2D eigenvalue weighted by Crippen LogP contribution is -2.14. The Morgan fingerprint density at radius 1 is 1.08 bits per heavy atom. The molecule has 0 bridgehead atoms. The molecule has 0 radical (unpaired) electrons. The SMILES string of the molecule is CCCO/N=C(\COc1cc(C(=O)O)c2ccccc2c1)c1cc(-c2ccc(C(F)(F)F)cc2)no1. The Labute approximate surface area is 203 Å². The number of carboxylic acid groups (broad SMARTS) is 1. The zero-order valence-corrected chi connectivity index (χ0v) is 19.1. The van der Waals surface area contributed by atoms with Gasteiger partial charge in [-0.05, 0) is 41.5 Å². The van der Waals surface area contributed by atoms with E-state index in [9.17, 15) is 23.1 Å². The number of fused-ring (bicyclic) bond motifs is 1. The second-order valence-corrected chi connectivity index (χ2v) is 7.81. The van der Waals surface area contributed by atoms with E-state index in [0.717, 1.165) is 12.1 Å². The van der Waals surface area contributed by atoms with Crippen LogP contribution in [0.1, 0.15) is 35.0 Å². The molecule has 4 rings (SSSR count). The van der Waals surface area contributed by atoms with Gasteiger partial charge in [0.05, 0.1) is 11.1 Å². The Hall–Kier alpha value is -4.34. The Bertz CT molecular complexity index is 1390. The molecule has 1 N–H and O–H groups in total. The van der Waals surface area contributed by atoms with Crippen LogP contribution in [-0.2, 0) is 11.0 Å². The number of aromatic nitrogens is 1. The molecule has 0 amide bonds. The van der Waals surface area contributed by atoms with Crippen LogP contribution in [0.4, 0.5) is 13.2 Å². The number of halogens is 3. The van der Waals surface area contributed by atoms with Gasteiger partial charge in [-0.2, -0.15) is 13.2 Å². The molecule has 4 aromatic rings. The van der Waals surface area contributed by atoms with Crippen LogP contribution in [0, 0.1) is 0 Å². The van der Waals surface area contributed by atoms with Crippen molar-refractivity contribution in [1.82, 2.24) is 5.16 Å². The average molecular weight is 498 g/mol. The number of hydrogen-bond donors (Lipinski definition) is 1. The van der Waals surface area contributed by atoms with Gasteiger partial charge in [0.2, 0.25) is 0 Å². The Morgan fingerprint density at radius 2 is 1.83 bits per heavy atom. The number of benzene rings is 3. The molecule has 0 aliphatic heterocycles. The van der Waals surface area contributed by atoms with Crippen LogP contribution in [-0.4, -0.2) is 35.2 Å². The first-order valence-corrected chi connectivity index (χ1v) is 11.0. The first kappa shape index (κ1) is 24.8. The summed E-state index contributed by atoms with van der Waals surface area (Å²) in [7, 11) is 0. The summed E-state index contributed by atoms with van der Waals surface area (Å²) in [6, 6.07) is 16.2. The number of nitrogens with zero attached hydrogens (tertiary/aromatic N) is 2. The highest BCUT2D eigenvalue weighted by atomic mass is 19.4. The largest absolute Gasteiger partial charge is 0.487 e. The highest BCUT2D eigenvalue weighted by molar-refractivity contribution is 6.04. The Morgan fingerprint density at radius 3 is 2.53 bits per heavy atom. The molecule has 0 unspecified atom stereocenters. The fourth-order valence-corrected chi connectivity index (χ4v) is 3.43. The van der Waals surface area contributed by atoms with E-state index < -0.39 is 17.7 Å².